The summed E-state index contributed by atoms with van der Waals surface area (Å²) in [6.45, 7) is 3.72. The number of pyridine rings is 1. The molecule has 1 aromatic heterocycles. The summed E-state index contributed by atoms with van der Waals surface area (Å²) < 4.78 is 13.1. The maximum Gasteiger partial charge on any atom is 0.317 e. The summed E-state index contributed by atoms with van der Waals surface area (Å²) in [5.41, 5.74) is 1.18. The molecular weight excluding hydrogens is 418 g/mol. The summed E-state index contributed by atoms with van der Waals surface area (Å²) in [7, 11) is 0. The quantitative estimate of drug-likeness (QED) is 0.731. The van der Waals surface area contributed by atoms with Crippen LogP contribution in [0.5, 0.6) is 0 Å². The fourth-order valence-corrected chi connectivity index (χ4v) is 3.41. The smallest absolute Gasteiger partial charge is 0.317 e. The topological polar surface area (TPSA) is 65.5 Å². The molecule has 1 aliphatic rings. The van der Waals surface area contributed by atoms with Crippen molar-refractivity contribution in [2.45, 2.75) is 19.4 Å². The van der Waals surface area contributed by atoms with Crippen molar-refractivity contribution in [3.63, 3.8) is 0 Å². The Bertz CT molecular complexity index is 895. The van der Waals surface area contributed by atoms with Crippen LogP contribution in [0.3, 0.4) is 0 Å². The SMILES string of the molecule is CC(NC(=O)N1CCCN(C(=O)c2ccc(F)cc2)CC1)c1cnc(Cl)c(Cl)c1. The van der Waals surface area contributed by atoms with Crippen LogP contribution >= 0.6 is 23.2 Å². The zero-order chi connectivity index (χ0) is 21.0. The number of nitrogens with zero attached hydrogens (tertiary/aromatic N) is 3. The fraction of sp³-hybridized carbons (Fsp3) is 0.350. The Kier molecular flexibility index (Phi) is 6.92. The van der Waals surface area contributed by atoms with Gasteiger partial charge in [0.1, 0.15) is 11.0 Å². The van der Waals surface area contributed by atoms with Gasteiger partial charge < -0.3 is 15.1 Å². The standard InChI is InChI=1S/C20H21Cl2FN4O2/c1-13(15-11-17(21)18(22)24-12-15)25-20(29)27-8-2-7-26(9-10-27)19(28)14-3-5-16(23)6-4-14/h3-6,11-13H,2,7-10H2,1H3,(H,25,29). The van der Waals surface area contributed by atoms with Crippen molar-refractivity contribution in [3.8, 4) is 0 Å². The Balaban J connectivity index is 1.58. The molecule has 1 fully saturated rings. The van der Waals surface area contributed by atoms with Gasteiger partial charge in [0.2, 0.25) is 0 Å². The summed E-state index contributed by atoms with van der Waals surface area (Å²) >= 11 is 11.8. The summed E-state index contributed by atoms with van der Waals surface area (Å²) in [4.78, 5) is 32.6. The molecular formula is C20H21Cl2FN4O2. The number of hydrogen-bond acceptors (Lipinski definition) is 3. The van der Waals surface area contributed by atoms with Crippen molar-refractivity contribution in [1.82, 2.24) is 20.1 Å². The van der Waals surface area contributed by atoms with Crippen LogP contribution in [0.1, 0.15) is 35.3 Å². The fourth-order valence-electron chi connectivity index (χ4n) is 3.13. The van der Waals surface area contributed by atoms with E-state index >= 15 is 0 Å². The number of amides is 3. The Morgan fingerprint density at radius 3 is 2.45 bits per heavy atom. The monoisotopic (exact) mass is 438 g/mol. The van der Waals surface area contributed by atoms with Gasteiger partial charge in [-0.1, -0.05) is 23.2 Å². The Labute approximate surface area is 178 Å². The highest BCUT2D eigenvalue weighted by Gasteiger charge is 2.24. The van der Waals surface area contributed by atoms with Gasteiger partial charge in [-0.25, -0.2) is 14.2 Å². The molecule has 1 N–H and O–H groups in total. The van der Waals surface area contributed by atoms with Crippen molar-refractivity contribution in [1.29, 1.82) is 0 Å². The second-order valence-electron chi connectivity index (χ2n) is 6.85. The molecule has 9 heteroatoms. The van der Waals surface area contributed by atoms with Gasteiger partial charge >= 0.3 is 6.03 Å². The van der Waals surface area contributed by atoms with E-state index in [4.69, 9.17) is 23.2 Å². The molecule has 0 spiro atoms. The maximum absolute atomic E-state index is 13.1. The van der Waals surface area contributed by atoms with Crippen LogP contribution in [-0.2, 0) is 0 Å². The number of nitrogens with one attached hydrogen (secondary N) is 1. The largest absolute Gasteiger partial charge is 0.337 e. The van der Waals surface area contributed by atoms with Gasteiger partial charge in [-0.15, -0.1) is 0 Å². The van der Waals surface area contributed by atoms with Gasteiger partial charge in [0, 0.05) is 37.9 Å². The average molecular weight is 439 g/mol. The number of rotatable bonds is 3. The first kappa shape index (κ1) is 21.3. The van der Waals surface area contributed by atoms with E-state index in [1.165, 1.54) is 24.3 Å². The molecule has 0 radical (unpaired) electrons. The molecule has 2 heterocycles. The third-order valence-corrected chi connectivity index (χ3v) is 5.50. The van der Waals surface area contributed by atoms with Crippen LogP contribution in [0.25, 0.3) is 0 Å². The molecule has 1 aliphatic heterocycles. The summed E-state index contributed by atoms with van der Waals surface area (Å²) in [6, 6.07) is 6.63. The van der Waals surface area contributed by atoms with E-state index in [9.17, 15) is 14.0 Å². The molecule has 3 rings (SSSR count). The van der Waals surface area contributed by atoms with Crippen LogP contribution < -0.4 is 5.32 Å². The second-order valence-corrected chi connectivity index (χ2v) is 7.62. The first-order valence-electron chi connectivity index (χ1n) is 9.26. The molecule has 1 atom stereocenters. The number of hydrogen-bond donors (Lipinski definition) is 1. The highest BCUT2D eigenvalue weighted by atomic mass is 35.5. The number of benzene rings is 1. The molecule has 1 aromatic carbocycles. The van der Waals surface area contributed by atoms with E-state index in [1.54, 1.807) is 22.1 Å². The summed E-state index contributed by atoms with van der Waals surface area (Å²) in [6.07, 6.45) is 2.23. The minimum atomic E-state index is -0.383. The van der Waals surface area contributed by atoms with Crippen molar-refractivity contribution >= 4 is 35.1 Å². The molecule has 2 aromatic rings. The first-order valence-corrected chi connectivity index (χ1v) is 10.0. The van der Waals surface area contributed by atoms with Crippen LogP contribution in [0.15, 0.2) is 36.5 Å². The summed E-state index contributed by atoms with van der Waals surface area (Å²) in [5, 5.41) is 3.47. The number of urea groups is 1. The second kappa shape index (κ2) is 9.41. The number of aromatic nitrogens is 1. The van der Waals surface area contributed by atoms with Gasteiger partial charge in [0.25, 0.3) is 5.91 Å². The van der Waals surface area contributed by atoms with Gasteiger partial charge in [0.15, 0.2) is 0 Å². The molecule has 29 heavy (non-hydrogen) atoms. The van der Waals surface area contributed by atoms with Crippen molar-refractivity contribution in [3.05, 3.63) is 63.6 Å². The van der Waals surface area contributed by atoms with Gasteiger partial charge in [-0.05, 0) is 49.2 Å². The molecule has 3 amide bonds. The highest BCUT2D eigenvalue weighted by molar-refractivity contribution is 6.41. The maximum atomic E-state index is 13.1. The highest BCUT2D eigenvalue weighted by Crippen LogP contribution is 2.23. The van der Waals surface area contributed by atoms with Crippen LogP contribution in [0, 0.1) is 5.82 Å². The van der Waals surface area contributed by atoms with Crippen LogP contribution in [-0.4, -0.2) is 52.9 Å². The average Bonchev–Trinajstić information content (AvgIpc) is 2.96. The predicted molar refractivity (Wildman–Crippen MR) is 110 cm³/mol. The molecule has 0 aliphatic carbocycles. The van der Waals surface area contributed by atoms with Crippen molar-refractivity contribution < 1.29 is 14.0 Å². The van der Waals surface area contributed by atoms with E-state index in [0.717, 1.165) is 5.56 Å². The third kappa shape index (κ3) is 5.36. The van der Waals surface area contributed by atoms with Crippen molar-refractivity contribution in [2.24, 2.45) is 0 Å². The number of halogens is 3. The zero-order valence-electron chi connectivity index (χ0n) is 15.9. The van der Waals surface area contributed by atoms with Crippen LogP contribution in [0.2, 0.25) is 10.2 Å². The molecule has 154 valence electrons. The van der Waals surface area contributed by atoms with Crippen molar-refractivity contribution in [2.75, 3.05) is 26.2 Å². The molecule has 6 nitrogen and oxygen atoms in total. The zero-order valence-corrected chi connectivity index (χ0v) is 17.4. The van der Waals surface area contributed by atoms with Crippen LogP contribution in [0.4, 0.5) is 9.18 Å². The number of carbonyl (C=O) groups is 2. The summed E-state index contributed by atoms with van der Waals surface area (Å²) in [5.74, 6) is -0.547. The number of carbonyl (C=O) groups excluding carboxylic acids is 2. The van der Waals surface area contributed by atoms with Gasteiger partial charge in [-0.2, -0.15) is 0 Å². The predicted octanol–water partition coefficient (Wildman–Crippen LogP) is 4.15. The van der Waals surface area contributed by atoms with E-state index < -0.39 is 0 Å². The van der Waals surface area contributed by atoms with E-state index in [0.29, 0.717) is 43.2 Å². The minimum absolute atomic E-state index is 0.164. The van der Waals surface area contributed by atoms with Gasteiger partial charge in [0.05, 0.1) is 11.1 Å². The lowest BCUT2D eigenvalue weighted by Crippen LogP contribution is -2.43. The van der Waals surface area contributed by atoms with Gasteiger partial charge in [-0.3, -0.25) is 4.79 Å². The third-order valence-electron chi connectivity index (χ3n) is 4.82. The molecule has 0 bridgehead atoms. The van der Waals surface area contributed by atoms with E-state index in [2.05, 4.69) is 10.3 Å². The normalized spacial score (nSPS) is 15.6. The van der Waals surface area contributed by atoms with E-state index in [-0.39, 0.29) is 29.0 Å². The molecule has 1 unspecified atom stereocenters. The lowest BCUT2D eigenvalue weighted by atomic mass is 10.1. The lowest BCUT2D eigenvalue weighted by Gasteiger charge is -2.24. The molecule has 1 saturated heterocycles. The Hall–Kier alpha value is -2.38. The molecule has 0 saturated carbocycles. The Morgan fingerprint density at radius 2 is 1.76 bits per heavy atom. The first-order chi connectivity index (χ1) is 13.8. The lowest BCUT2D eigenvalue weighted by molar-refractivity contribution is 0.0762. The van der Waals surface area contributed by atoms with E-state index in [1.807, 2.05) is 6.92 Å². The minimum Gasteiger partial charge on any atom is -0.337 e. The Morgan fingerprint density at radius 1 is 1.10 bits per heavy atom.